The van der Waals surface area contributed by atoms with Gasteiger partial charge in [-0.05, 0) is 79.7 Å². The average molecular weight is 480 g/mol. The number of likely N-dealkylation sites (tertiary alicyclic amines) is 1. The molecule has 1 aliphatic rings. The van der Waals surface area contributed by atoms with Crippen molar-refractivity contribution < 1.29 is 18.6 Å². The Kier molecular flexibility index (Phi) is 7.94. The topological polar surface area (TPSA) is 114 Å². The van der Waals surface area contributed by atoms with Gasteiger partial charge in [0.15, 0.2) is 0 Å². The van der Waals surface area contributed by atoms with Gasteiger partial charge in [0.2, 0.25) is 0 Å². The summed E-state index contributed by atoms with van der Waals surface area (Å²) in [5, 5.41) is 17.3. The van der Waals surface area contributed by atoms with Crippen LogP contribution >= 0.6 is 0 Å². The van der Waals surface area contributed by atoms with Gasteiger partial charge in [0, 0.05) is 31.3 Å². The Labute approximate surface area is 201 Å². The molecule has 1 N–H and O–H groups in total. The van der Waals surface area contributed by atoms with Crippen molar-refractivity contribution in [3.8, 4) is 0 Å². The molecule has 35 heavy (non-hydrogen) atoms. The smallest absolute Gasteiger partial charge is 0.292 e. The van der Waals surface area contributed by atoms with Crippen LogP contribution in [0.3, 0.4) is 0 Å². The van der Waals surface area contributed by atoms with Gasteiger partial charge in [0.05, 0.1) is 4.92 Å². The SMILES string of the molecule is O=C(NCCC1CCN(Cc2ccc(F)cc2)CC1)c1noc(C=Cc2ccc([N+](=O)[O-])cc2)n1. The summed E-state index contributed by atoms with van der Waals surface area (Å²) in [6.45, 7) is 3.31. The Morgan fingerprint density at radius 2 is 1.86 bits per heavy atom. The van der Waals surface area contributed by atoms with E-state index in [1.165, 1.54) is 24.3 Å². The van der Waals surface area contributed by atoms with Crippen LogP contribution in [0.15, 0.2) is 53.1 Å². The van der Waals surface area contributed by atoms with Crippen molar-refractivity contribution in [3.05, 3.63) is 87.3 Å². The number of hydrogen-bond donors (Lipinski definition) is 1. The second kappa shape index (κ2) is 11.5. The molecule has 1 fully saturated rings. The highest BCUT2D eigenvalue weighted by atomic mass is 19.1. The van der Waals surface area contributed by atoms with Crippen molar-refractivity contribution in [2.24, 2.45) is 5.92 Å². The number of nitro groups is 1. The van der Waals surface area contributed by atoms with Crippen LogP contribution in [0.2, 0.25) is 0 Å². The fraction of sp³-hybridized carbons (Fsp3) is 0.320. The van der Waals surface area contributed by atoms with E-state index in [0.717, 1.165) is 50.0 Å². The van der Waals surface area contributed by atoms with Gasteiger partial charge in [-0.3, -0.25) is 19.8 Å². The number of amides is 1. The number of carbonyl (C=O) groups excluding carboxylic acids is 1. The lowest BCUT2D eigenvalue weighted by Gasteiger charge is -2.32. The fourth-order valence-corrected chi connectivity index (χ4v) is 4.02. The third kappa shape index (κ3) is 7.03. The number of aromatic nitrogens is 2. The maximum absolute atomic E-state index is 13.1. The van der Waals surface area contributed by atoms with Crippen LogP contribution in [-0.2, 0) is 6.54 Å². The number of nitrogens with one attached hydrogen (secondary N) is 1. The molecule has 4 rings (SSSR count). The molecule has 0 unspecified atom stereocenters. The lowest BCUT2D eigenvalue weighted by atomic mass is 9.93. The summed E-state index contributed by atoms with van der Waals surface area (Å²) in [5.41, 5.74) is 1.84. The molecule has 0 atom stereocenters. The number of halogens is 1. The number of benzene rings is 2. The number of nitrogens with zero attached hydrogens (tertiary/aromatic N) is 4. The Hall–Kier alpha value is -3.92. The molecule has 0 radical (unpaired) electrons. The minimum absolute atomic E-state index is 0.00875. The summed E-state index contributed by atoms with van der Waals surface area (Å²) >= 11 is 0. The summed E-state index contributed by atoms with van der Waals surface area (Å²) in [6.07, 6.45) is 6.20. The Morgan fingerprint density at radius 3 is 2.54 bits per heavy atom. The zero-order valence-electron chi connectivity index (χ0n) is 19.1. The molecule has 1 aromatic heterocycles. The summed E-state index contributed by atoms with van der Waals surface area (Å²) in [5.74, 6) is 0.0532. The van der Waals surface area contributed by atoms with Gasteiger partial charge < -0.3 is 9.84 Å². The maximum atomic E-state index is 13.1. The predicted molar refractivity (Wildman–Crippen MR) is 128 cm³/mol. The predicted octanol–water partition coefficient (Wildman–Crippen LogP) is 4.32. The van der Waals surface area contributed by atoms with Crippen molar-refractivity contribution in [3.63, 3.8) is 0 Å². The second-order valence-electron chi connectivity index (χ2n) is 8.53. The number of non-ortho nitro benzene ring substituents is 1. The summed E-state index contributed by atoms with van der Waals surface area (Å²) < 4.78 is 18.1. The molecule has 1 amide bonds. The molecule has 0 bridgehead atoms. The van der Waals surface area contributed by atoms with Crippen LogP contribution in [0.1, 0.15) is 46.9 Å². The zero-order chi connectivity index (χ0) is 24.6. The molecule has 3 aromatic rings. The van der Waals surface area contributed by atoms with Gasteiger partial charge in [0.1, 0.15) is 5.82 Å². The van der Waals surface area contributed by atoms with Gasteiger partial charge in [0.25, 0.3) is 23.3 Å². The number of piperidine rings is 1. The molecule has 182 valence electrons. The maximum Gasteiger partial charge on any atom is 0.292 e. The zero-order valence-corrected chi connectivity index (χ0v) is 19.1. The highest BCUT2D eigenvalue weighted by Crippen LogP contribution is 2.21. The fourth-order valence-electron chi connectivity index (χ4n) is 4.02. The minimum atomic E-state index is -0.463. The summed E-state index contributed by atoms with van der Waals surface area (Å²) in [4.78, 5) is 29.0. The summed E-state index contributed by atoms with van der Waals surface area (Å²) in [6, 6.07) is 12.7. The van der Waals surface area contributed by atoms with E-state index in [4.69, 9.17) is 4.52 Å². The number of rotatable bonds is 9. The molecule has 1 saturated heterocycles. The quantitative estimate of drug-likeness (QED) is 0.359. The first-order valence-corrected chi connectivity index (χ1v) is 11.5. The molecular weight excluding hydrogens is 453 g/mol. The molecule has 0 aliphatic carbocycles. The van der Waals surface area contributed by atoms with E-state index < -0.39 is 10.8 Å². The molecular formula is C25H26FN5O4. The third-order valence-electron chi connectivity index (χ3n) is 6.03. The monoisotopic (exact) mass is 479 g/mol. The van der Waals surface area contributed by atoms with Gasteiger partial charge in [-0.1, -0.05) is 17.3 Å². The molecule has 2 aromatic carbocycles. The van der Waals surface area contributed by atoms with Crippen LogP contribution in [0.25, 0.3) is 12.2 Å². The Balaban J connectivity index is 1.17. The molecule has 0 spiro atoms. The van der Waals surface area contributed by atoms with E-state index in [0.29, 0.717) is 12.5 Å². The minimum Gasteiger partial charge on any atom is -0.349 e. The van der Waals surface area contributed by atoms with E-state index >= 15 is 0 Å². The average Bonchev–Trinajstić information content (AvgIpc) is 3.35. The van der Waals surface area contributed by atoms with Crippen molar-refractivity contribution in [2.75, 3.05) is 19.6 Å². The van der Waals surface area contributed by atoms with Crippen molar-refractivity contribution >= 4 is 23.7 Å². The third-order valence-corrected chi connectivity index (χ3v) is 6.03. The summed E-state index contributed by atoms with van der Waals surface area (Å²) in [7, 11) is 0. The highest BCUT2D eigenvalue weighted by Gasteiger charge is 2.20. The van der Waals surface area contributed by atoms with Gasteiger partial charge in [-0.25, -0.2) is 4.39 Å². The largest absolute Gasteiger partial charge is 0.349 e. The first-order chi connectivity index (χ1) is 17.0. The van der Waals surface area contributed by atoms with Crippen molar-refractivity contribution in [1.82, 2.24) is 20.4 Å². The first kappa shape index (κ1) is 24.2. The number of hydrogen-bond acceptors (Lipinski definition) is 7. The van der Waals surface area contributed by atoms with E-state index in [1.54, 1.807) is 24.3 Å². The van der Waals surface area contributed by atoms with Crippen LogP contribution in [0.5, 0.6) is 0 Å². The Morgan fingerprint density at radius 1 is 1.14 bits per heavy atom. The van der Waals surface area contributed by atoms with E-state index in [9.17, 15) is 19.3 Å². The van der Waals surface area contributed by atoms with Crippen LogP contribution in [-0.4, -0.2) is 45.5 Å². The number of nitro benzene ring substituents is 1. The van der Waals surface area contributed by atoms with E-state index in [1.807, 2.05) is 12.1 Å². The highest BCUT2D eigenvalue weighted by molar-refractivity contribution is 5.90. The molecule has 1 aliphatic heterocycles. The van der Waals surface area contributed by atoms with Crippen molar-refractivity contribution in [1.29, 1.82) is 0 Å². The standard InChI is InChI=1S/C25H26FN5O4/c26-21-6-1-20(2-7-21)17-30-15-12-19(13-16-30)11-14-27-25(32)24-28-23(35-29-24)10-5-18-3-8-22(9-4-18)31(33)34/h1-10,19H,11-17H2,(H,27,32). The van der Waals surface area contributed by atoms with Crippen LogP contribution in [0, 0.1) is 21.8 Å². The molecule has 0 saturated carbocycles. The van der Waals surface area contributed by atoms with E-state index in [2.05, 4.69) is 20.4 Å². The van der Waals surface area contributed by atoms with Crippen LogP contribution in [0.4, 0.5) is 10.1 Å². The molecule has 10 heteroatoms. The van der Waals surface area contributed by atoms with Gasteiger partial charge >= 0.3 is 0 Å². The molecule has 2 heterocycles. The lowest BCUT2D eigenvalue weighted by molar-refractivity contribution is -0.384. The lowest BCUT2D eigenvalue weighted by Crippen LogP contribution is -2.35. The van der Waals surface area contributed by atoms with Crippen molar-refractivity contribution in [2.45, 2.75) is 25.8 Å². The Bertz CT molecular complexity index is 1170. The molecule has 9 nitrogen and oxygen atoms in total. The van der Waals surface area contributed by atoms with E-state index in [-0.39, 0.29) is 23.2 Å². The van der Waals surface area contributed by atoms with Gasteiger partial charge in [-0.2, -0.15) is 4.98 Å². The van der Waals surface area contributed by atoms with Crippen LogP contribution < -0.4 is 5.32 Å². The first-order valence-electron chi connectivity index (χ1n) is 11.5. The van der Waals surface area contributed by atoms with Gasteiger partial charge in [-0.15, -0.1) is 0 Å². The number of carbonyl (C=O) groups is 1. The normalized spacial score (nSPS) is 14.9. The second-order valence-corrected chi connectivity index (χ2v) is 8.53.